The van der Waals surface area contributed by atoms with Crippen molar-refractivity contribution in [3.05, 3.63) is 82.9 Å². The number of fused-ring (bicyclic) bond motifs is 1. The molecule has 0 saturated carbocycles. The van der Waals surface area contributed by atoms with Crippen LogP contribution in [0.1, 0.15) is 47.2 Å². The normalized spacial score (nSPS) is 13.9. The lowest BCUT2D eigenvalue weighted by molar-refractivity contribution is -0.118. The Balaban J connectivity index is 1.44. The van der Waals surface area contributed by atoms with Crippen LogP contribution < -0.4 is 0 Å². The Morgan fingerprint density at radius 3 is 2.78 bits per heavy atom. The lowest BCUT2D eigenvalue weighted by atomic mass is 9.94. The second-order valence-corrected chi connectivity index (χ2v) is 7.13. The van der Waals surface area contributed by atoms with Crippen LogP contribution in [0, 0.1) is 0 Å². The summed E-state index contributed by atoms with van der Waals surface area (Å²) in [5.74, 6) is 0.429. The number of carbonyl (C=O) groups excluding carboxylic acids is 1. The van der Waals surface area contributed by atoms with Crippen LogP contribution in [0.5, 0.6) is 0 Å². The van der Waals surface area contributed by atoms with E-state index in [0.717, 1.165) is 28.1 Å². The van der Waals surface area contributed by atoms with Crippen LogP contribution in [0.2, 0.25) is 0 Å². The molecule has 0 fully saturated rings. The summed E-state index contributed by atoms with van der Waals surface area (Å²) < 4.78 is 1.77. The largest absolute Gasteiger partial charge is 0.299 e. The molecule has 3 heterocycles. The summed E-state index contributed by atoms with van der Waals surface area (Å²) in [4.78, 5) is 21.7. The van der Waals surface area contributed by atoms with Crippen LogP contribution in [0.3, 0.4) is 0 Å². The molecule has 0 unspecified atom stereocenters. The van der Waals surface area contributed by atoms with E-state index in [9.17, 15) is 4.79 Å². The molecular formula is C22H22N4O. The minimum Gasteiger partial charge on any atom is -0.299 e. The highest BCUT2D eigenvalue weighted by Crippen LogP contribution is 2.24. The summed E-state index contributed by atoms with van der Waals surface area (Å²) in [5.41, 5.74) is 6.11. The highest BCUT2D eigenvalue weighted by atomic mass is 16.1. The zero-order valence-corrected chi connectivity index (χ0v) is 15.6. The molecule has 0 aliphatic carbocycles. The van der Waals surface area contributed by atoms with Gasteiger partial charge in [0.25, 0.3) is 0 Å². The van der Waals surface area contributed by atoms with Gasteiger partial charge in [0.05, 0.1) is 18.5 Å². The molecule has 136 valence electrons. The summed E-state index contributed by atoms with van der Waals surface area (Å²) in [7, 11) is 1.89. The smallest absolute Gasteiger partial charge is 0.139 e. The zero-order valence-electron chi connectivity index (χ0n) is 15.6. The number of aliphatic imine (C=N–C) groups is 1. The number of benzene rings is 1. The first-order valence-corrected chi connectivity index (χ1v) is 9.18. The van der Waals surface area contributed by atoms with Gasteiger partial charge in [-0.25, -0.2) is 0 Å². The van der Waals surface area contributed by atoms with Crippen molar-refractivity contribution in [1.29, 1.82) is 0 Å². The SMILES string of the molecule is C[C@@H](CC(=O)Cc1cc2c(cn1)C(c1cnn(C)c1)=NC2)c1ccccc1. The lowest BCUT2D eigenvalue weighted by Crippen LogP contribution is -2.10. The van der Waals surface area contributed by atoms with Crippen molar-refractivity contribution in [2.75, 3.05) is 0 Å². The van der Waals surface area contributed by atoms with E-state index in [1.165, 1.54) is 5.56 Å². The van der Waals surface area contributed by atoms with Gasteiger partial charge in [-0.1, -0.05) is 37.3 Å². The average molecular weight is 358 g/mol. The third kappa shape index (κ3) is 3.72. The predicted octanol–water partition coefficient (Wildman–Crippen LogP) is 3.47. The molecule has 4 rings (SSSR count). The Kier molecular flexibility index (Phi) is 4.67. The van der Waals surface area contributed by atoms with E-state index in [4.69, 9.17) is 0 Å². The third-order valence-electron chi connectivity index (χ3n) is 4.97. The number of ketones is 1. The summed E-state index contributed by atoms with van der Waals surface area (Å²) in [5, 5.41) is 4.21. The molecule has 5 heteroatoms. The highest BCUT2D eigenvalue weighted by molar-refractivity contribution is 6.14. The number of hydrogen-bond acceptors (Lipinski definition) is 4. The van der Waals surface area contributed by atoms with Crippen molar-refractivity contribution >= 4 is 11.5 Å². The second kappa shape index (κ2) is 7.27. The minimum atomic E-state index is 0.213. The van der Waals surface area contributed by atoms with Crippen LogP contribution >= 0.6 is 0 Å². The van der Waals surface area contributed by atoms with Gasteiger partial charge in [0.15, 0.2) is 0 Å². The lowest BCUT2D eigenvalue weighted by Gasteiger charge is -2.11. The average Bonchev–Trinajstić information content (AvgIpc) is 3.27. The van der Waals surface area contributed by atoms with Gasteiger partial charge in [0.1, 0.15) is 5.78 Å². The van der Waals surface area contributed by atoms with E-state index in [2.05, 4.69) is 34.1 Å². The number of nitrogens with zero attached hydrogens (tertiary/aromatic N) is 4. The number of aromatic nitrogens is 3. The maximum atomic E-state index is 12.5. The standard InChI is InChI=1S/C22H22N4O/c1-15(16-6-4-3-5-7-16)8-20(27)10-19-9-17-11-24-22(21(17)13-23-19)18-12-25-26(2)14-18/h3-7,9,12-15H,8,10-11H2,1-2H3/t15-/m0/s1. The number of rotatable bonds is 6. The quantitative estimate of drug-likeness (QED) is 0.678. The van der Waals surface area contributed by atoms with Crippen molar-refractivity contribution in [1.82, 2.24) is 14.8 Å². The molecule has 3 aromatic rings. The Labute approximate surface area is 158 Å². The van der Waals surface area contributed by atoms with Crippen LogP contribution in [0.4, 0.5) is 0 Å². The van der Waals surface area contributed by atoms with Crippen molar-refractivity contribution in [2.24, 2.45) is 12.0 Å². The molecular weight excluding hydrogens is 336 g/mol. The Morgan fingerprint density at radius 1 is 1.22 bits per heavy atom. The first-order chi connectivity index (χ1) is 13.1. The monoisotopic (exact) mass is 358 g/mol. The van der Waals surface area contributed by atoms with Gasteiger partial charge < -0.3 is 0 Å². The van der Waals surface area contributed by atoms with E-state index in [0.29, 0.717) is 19.4 Å². The Hall–Kier alpha value is -3.08. The summed E-state index contributed by atoms with van der Waals surface area (Å²) in [6.45, 7) is 2.72. The van der Waals surface area contributed by atoms with E-state index < -0.39 is 0 Å². The van der Waals surface area contributed by atoms with Gasteiger partial charge >= 0.3 is 0 Å². The zero-order chi connectivity index (χ0) is 18.8. The van der Waals surface area contributed by atoms with Crippen LogP contribution in [-0.2, 0) is 24.8 Å². The van der Waals surface area contributed by atoms with Crippen molar-refractivity contribution in [3.63, 3.8) is 0 Å². The first-order valence-electron chi connectivity index (χ1n) is 9.18. The number of pyridine rings is 1. The van der Waals surface area contributed by atoms with Crippen molar-refractivity contribution in [2.45, 2.75) is 32.2 Å². The molecule has 0 saturated heterocycles. The second-order valence-electron chi connectivity index (χ2n) is 7.13. The number of carbonyl (C=O) groups is 1. The van der Waals surface area contributed by atoms with Crippen LogP contribution in [-0.4, -0.2) is 26.3 Å². The molecule has 5 nitrogen and oxygen atoms in total. The fourth-order valence-electron chi connectivity index (χ4n) is 3.54. The predicted molar refractivity (Wildman–Crippen MR) is 105 cm³/mol. The number of aryl methyl sites for hydroxylation is 1. The summed E-state index contributed by atoms with van der Waals surface area (Å²) >= 11 is 0. The van der Waals surface area contributed by atoms with Gasteiger partial charge in [-0.05, 0) is 23.1 Å². The van der Waals surface area contributed by atoms with E-state index in [1.807, 2.05) is 49.9 Å². The molecule has 0 N–H and O–H groups in total. The molecule has 27 heavy (non-hydrogen) atoms. The highest BCUT2D eigenvalue weighted by Gasteiger charge is 2.20. The van der Waals surface area contributed by atoms with Gasteiger partial charge in [0.2, 0.25) is 0 Å². The molecule has 0 radical (unpaired) electrons. The number of Topliss-reactive ketones (excluding diaryl/α,β-unsaturated/α-hetero) is 1. The fourth-order valence-corrected chi connectivity index (χ4v) is 3.54. The third-order valence-corrected chi connectivity index (χ3v) is 4.97. The van der Waals surface area contributed by atoms with E-state index >= 15 is 0 Å². The maximum absolute atomic E-state index is 12.5. The molecule has 1 aliphatic rings. The number of hydrogen-bond donors (Lipinski definition) is 0. The van der Waals surface area contributed by atoms with Gasteiger partial charge in [-0.3, -0.25) is 19.5 Å². The fraction of sp³-hybridized carbons (Fsp3) is 0.273. The molecule has 0 bridgehead atoms. The topological polar surface area (TPSA) is 60.1 Å². The first kappa shape index (κ1) is 17.3. The van der Waals surface area contributed by atoms with Crippen LogP contribution in [0.15, 0.2) is 60.0 Å². The van der Waals surface area contributed by atoms with Gasteiger partial charge in [-0.2, -0.15) is 5.10 Å². The van der Waals surface area contributed by atoms with Crippen LogP contribution in [0.25, 0.3) is 0 Å². The maximum Gasteiger partial charge on any atom is 0.139 e. The molecule has 1 aromatic carbocycles. The Bertz CT molecular complexity index is 1000. The van der Waals surface area contributed by atoms with E-state index in [-0.39, 0.29) is 11.7 Å². The van der Waals surface area contributed by atoms with Crippen molar-refractivity contribution in [3.8, 4) is 0 Å². The van der Waals surface area contributed by atoms with Gasteiger partial charge in [-0.15, -0.1) is 0 Å². The molecule has 2 aromatic heterocycles. The Morgan fingerprint density at radius 2 is 2.04 bits per heavy atom. The molecule has 0 amide bonds. The van der Waals surface area contributed by atoms with Crippen molar-refractivity contribution < 1.29 is 4.79 Å². The minimum absolute atomic E-state index is 0.213. The molecule has 1 aliphatic heterocycles. The van der Waals surface area contributed by atoms with E-state index in [1.54, 1.807) is 4.68 Å². The summed E-state index contributed by atoms with van der Waals surface area (Å²) in [6.07, 6.45) is 6.51. The van der Waals surface area contributed by atoms with Gasteiger partial charge in [0, 0.05) is 49.1 Å². The summed E-state index contributed by atoms with van der Waals surface area (Å²) in [6, 6.07) is 12.2. The molecule has 0 spiro atoms. The molecule has 1 atom stereocenters.